The highest BCUT2D eigenvalue weighted by Crippen LogP contribution is 2.51. The van der Waals surface area contributed by atoms with E-state index in [0.29, 0.717) is 0 Å². The van der Waals surface area contributed by atoms with Crippen LogP contribution in [0.3, 0.4) is 0 Å². The standard InChI is InChI=1S/C43H32N4/c1-43-25-12-11-18-34(43)40-33-17-7-10-21-37(33)47(38(40)24-26-43)42-44-35-19-8-5-16-32(35)41(45-42)28-22-23-31-30-15-6-9-20-36(30)46(39(31)27-28)29-13-3-2-4-14-29/h2-27,34,42,44H,1H3. The summed E-state index contributed by atoms with van der Waals surface area (Å²) in [6, 6.07) is 43.6. The van der Waals surface area contributed by atoms with E-state index >= 15 is 0 Å². The fraction of sp³-hybridized carbons (Fsp3) is 0.0930. The number of rotatable bonds is 3. The Labute approximate surface area is 273 Å². The SMILES string of the molecule is CC12C=CC=CC1c1c(n(C3N=C(c4ccc5c6ccccc6n(-c6ccccc6)c5c4)c4ccccc4N3)c3ccccc13)C=C2. The summed E-state index contributed by atoms with van der Waals surface area (Å²) in [7, 11) is 0. The molecule has 5 aromatic carbocycles. The van der Waals surface area contributed by atoms with Gasteiger partial charge >= 0.3 is 0 Å². The molecule has 3 aliphatic rings. The lowest BCUT2D eigenvalue weighted by Crippen LogP contribution is -2.28. The van der Waals surface area contributed by atoms with Crippen LogP contribution < -0.4 is 5.32 Å². The molecule has 1 aliphatic heterocycles. The molecule has 3 unspecified atom stereocenters. The third-order valence-electron chi connectivity index (χ3n) is 10.4. The first-order chi connectivity index (χ1) is 23.2. The predicted octanol–water partition coefficient (Wildman–Crippen LogP) is 10.4. The van der Waals surface area contributed by atoms with Gasteiger partial charge in [0.15, 0.2) is 0 Å². The summed E-state index contributed by atoms with van der Waals surface area (Å²) < 4.78 is 4.78. The van der Waals surface area contributed by atoms with Gasteiger partial charge in [0, 0.05) is 55.7 Å². The Morgan fingerprint density at radius 2 is 1.43 bits per heavy atom. The molecule has 2 aromatic heterocycles. The maximum atomic E-state index is 5.57. The van der Waals surface area contributed by atoms with Crippen LogP contribution in [0.1, 0.15) is 41.5 Å². The number of aliphatic imine (C=N–C) groups is 1. The molecule has 4 nitrogen and oxygen atoms in total. The molecule has 47 heavy (non-hydrogen) atoms. The second-order valence-electron chi connectivity index (χ2n) is 13.1. The molecule has 0 saturated carbocycles. The second-order valence-corrected chi connectivity index (χ2v) is 13.1. The topological polar surface area (TPSA) is 34.2 Å². The van der Waals surface area contributed by atoms with Crippen molar-refractivity contribution < 1.29 is 0 Å². The second kappa shape index (κ2) is 9.81. The lowest BCUT2D eigenvalue weighted by molar-refractivity contribution is 0.477. The number of anilines is 1. The van der Waals surface area contributed by atoms with Crippen LogP contribution in [0.25, 0.3) is 44.5 Å². The summed E-state index contributed by atoms with van der Waals surface area (Å²) in [6.07, 6.45) is 13.4. The van der Waals surface area contributed by atoms with Crippen molar-refractivity contribution in [3.05, 3.63) is 174 Å². The Bertz CT molecular complexity index is 2520. The zero-order valence-corrected chi connectivity index (χ0v) is 26.0. The average Bonchev–Trinajstić information content (AvgIpc) is 3.64. The van der Waals surface area contributed by atoms with E-state index in [0.717, 1.165) is 28.2 Å². The first-order valence-electron chi connectivity index (χ1n) is 16.4. The largest absolute Gasteiger partial charge is 0.346 e. The first-order valence-corrected chi connectivity index (χ1v) is 16.4. The fourth-order valence-corrected chi connectivity index (χ4v) is 8.15. The van der Waals surface area contributed by atoms with Gasteiger partial charge in [-0.2, -0.15) is 0 Å². The molecule has 3 atom stereocenters. The molecule has 0 saturated heterocycles. The van der Waals surface area contributed by atoms with Crippen molar-refractivity contribution in [2.45, 2.75) is 19.1 Å². The number of aromatic nitrogens is 2. The smallest absolute Gasteiger partial charge is 0.201 e. The highest BCUT2D eigenvalue weighted by atomic mass is 15.3. The summed E-state index contributed by atoms with van der Waals surface area (Å²) in [5, 5.41) is 7.60. The van der Waals surface area contributed by atoms with E-state index in [1.807, 2.05) is 0 Å². The van der Waals surface area contributed by atoms with Gasteiger partial charge in [0.2, 0.25) is 6.29 Å². The zero-order chi connectivity index (χ0) is 31.1. The third kappa shape index (κ3) is 3.79. The van der Waals surface area contributed by atoms with Crippen molar-refractivity contribution in [3.8, 4) is 5.69 Å². The average molecular weight is 605 g/mol. The van der Waals surface area contributed by atoms with Crippen molar-refractivity contribution >= 4 is 50.2 Å². The van der Waals surface area contributed by atoms with Gasteiger partial charge in [-0.25, -0.2) is 4.99 Å². The molecule has 0 radical (unpaired) electrons. The molecule has 2 aliphatic carbocycles. The molecule has 4 heteroatoms. The van der Waals surface area contributed by atoms with Gasteiger partial charge in [0.1, 0.15) is 0 Å². The van der Waals surface area contributed by atoms with E-state index in [1.54, 1.807) is 0 Å². The van der Waals surface area contributed by atoms with Crippen LogP contribution >= 0.6 is 0 Å². The van der Waals surface area contributed by atoms with E-state index in [1.165, 1.54) is 44.0 Å². The number of nitrogens with zero attached hydrogens (tertiary/aromatic N) is 3. The lowest BCUT2D eigenvalue weighted by Gasteiger charge is -2.36. The summed E-state index contributed by atoms with van der Waals surface area (Å²) in [4.78, 5) is 5.57. The van der Waals surface area contributed by atoms with Crippen LogP contribution in [0, 0.1) is 5.41 Å². The van der Waals surface area contributed by atoms with Crippen LogP contribution in [0.15, 0.2) is 157 Å². The van der Waals surface area contributed by atoms with E-state index in [-0.39, 0.29) is 17.6 Å². The van der Waals surface area contributed by atoms with Crippen molar-refractivity contribution in [1.82, 2.24) is 9.13 Å². The van der Waals surface area contributed by atoms with E-state index in [4.69, 9.17) is 4.99 Å². The minimum Gasteiger partial charge on any atom is -0.346 e. The molecule has 0 fully saturated rings. The van der Waals surface area contributed by atoms with Crippen molar-refractivity contribution in [2.75, 3.05) is 5.32 Å². The molecule has 0 spiro atoms. The number of hydrogen-bond acceptors (Lipinski definition) is 2. The maximum Gasteiger partial charge on any atom is 0.201 e. The fourth-order valence-electron chi connectivity index (χ4n) is 8.15. The third-order valence-corrected chi connectivity index (χ3v) is 10.4. The van der Waals surface area contributed by atoms with Gasteiger partial charge in [0.05, 0.1) is 22.3 Å². The summed E-state index contributed by atoms with van der Waals surface area (Å²) in [5.41, 5.74) is 11.5. The summed E-state index contributed by atoms with van der Waals surface area (Å²) in [5.74, 6) is 0.264. The molecule has 0 bridgehead atoms. The lowest BCUT2D eigenvalue weighted by atomic mass is 9.68. The quantitative estimate of drug-likeness (QED) is 0.214. The van der Waals surface area contributed by atoms with Crippen molar-refractivity contribution in [1.29, 1.82) is 0 Å². The zero-order valence-electron chi connectivity index (χ0n) is 26.0. The Hall–Kier alpha value is -5.87. The molecule has 224 valence electrons. The van der Waals surface area contributed by atoms with Gasteiger partial charge in [-0.15, -0.1) is 0 Å². The highest BCUT2D eigenvalue weighted by Gasteiger charge is 2.38. The van der Waals surface area contributed by atoms with Crippen molar-refractivity contribution in [3.63, 3.8) is 0 Å². The van der Waals surface area contributed by atoms with Gasteiger partial charge in [-0.05, 0) is 48.0 Å². The predicted molar refractivity (Wildman–Crippen MR) is 196 cm³/mol. The molecule has 3 heterocycles. The Morgan fingerprint density at radius 1 is 0.681 bits per heavy atom. The normalized spacial score (nSPS) is 21.0. The number of hydrogen-bond donors (Lipinski definition) is 1. The molecular formula is C43H32N4. The molecular weight excluding hydrogens is 573 g/mol. The number of benzene rings is 5. The maximum absolute atomic E-state index is 5.57. The van der Waals surface area contributed by atoms with Gasteiger partial charge in [-0.3, -0.25) is 0 Å². The van der Waals surface area contributed by atoms with Gasteiger partial charge in [-0.1, -0.05) is 122 Å². The van der Waals surface area contributed by atoms with Gasteiger partial charge in [0.25, 0.3) is 0 Å². The van der Waals surface area contributed by atoms with Crippen LogP contribution in [0.2, 0.25) is 0 Å². The monoisotopic (exact) mass is 604 g/mol. The van der Waals surface area contributed by atoms with Crippen LogP contribution in [0.5, 0.6) is 0 Å². The number of fused-ring (bicyclic) bond motifs is 9. The van der Waals surface area contributed by atoms with E-state index < -0.39 is 0 Å². The number of para-hydroxylation sites is 4. The Kier molecular flexibility index (Phi) is 5.50. The molecule has 0 amide bonds. The number of allylic oxidation sites excluding steroid dienone is 5. The highest BCUT2D eigenvalue weighted by molar-refractivity contribution is 6.19. The van der Waals surface area contributed by atoms with Crippen LogP contribution in [-0.4, -0.2) is 14.8 Å². The molecule has 10 rings (SSSR count). The summed E-state index contributed by atoms with van der Waals surface area (Å²) >= 11 is 0. The van der Waals surface area contributed by atoms with Gasteiger partial charge < -0.3 is 14.5 Å². The first kappa shape index (κ1) is 26.4. The number of nitrogens with one attached hydrogen (secondary N) is 1. The molecule has 7 aromatic rings. The van der Waals surface area contributed by atoms with E-state index in [2.05, 4.69) is 179 Å². The van der Waals surface area contributed by atoms with Crippen LogP contribution in [0.4, 0.5) is 5.69 Å². The van der Waals surface area contributed by atoms with Crippen molar-refractivity contribution in [2.24, 2.45) is 10.4 Å². The van der Waals surface area contributed by atoms with E-state index in [9.17, 15) is 0 Å². The minimum absolute atomic E-state index is 0.0512. The summed E-state index contributed by atoms with van der Waals surface area (Å²) in [6.45, 7) is 2.33. The molecule has 1 N–H and O–H groups in total. The Morgan fingerprint density at radius 3 is 2.32 bits per heavy atom. The minimum atomic E-state index is -0.318. The van der Waals surface area contributed by atoms with Crippen LogP contribution in [-0.2, 0) is 0 Å². The Balaban J connectivity index is 1.21.